The molecule has 4 heterocycles. The molecule has 0 aliphatic carbocycles. The van der Waals surface area contributed by atoms with Crippen LogP contribution in [0.15, 0.2) is 31.1 Å². The summed E-state index contributed by atoms with van der Waals surface area (Å²) in [5, 5.41) is 26.2. The molecule has 0 aromatic carbocycles. The van der Waals surface area contributed by atoms with Gasteiger partial charge in [0.2, 0.25) is 0 Å². The first-order valence-corrected chi connectivity index (χ1v) is 12.3. The third-order valence-electron chi connectivity index (χ3n) is 5.44. The van der Waals surface area contributed by atoms with E-state index in [2.05, 4.69) is 41.9 Å². The molecule has 4 rings (SSSR count). The van der Waals surface area contributed by atoms with Crippen LogP contribution < -0.4 is 0 Å². The lowest BCUT2D eigenvalue weighted by molar-refractivity contribution is -0.306. The minimum atomic E-state index is -2.69. The average Bonchev–Trinajstić information content (AvgIpc) is 2.96. The number of morpholine rings is 2. The van der Waals surface area contributed by atoms with Crippen molar-refractivity contribution in [2.45, 2.75) is 44.9 Å². The van der Waals surface area contributed by atoms with E-state index in [1.54, 1.807) is 33.2 Å². The second-order valence-corrected chi connectivity index (χ2v) is 9.41. The third kappa shape index (κ3) is 11.2. The van der Waals surface area contributed by atoms with Crippen molar-refractivity contribution >= 4 is 0 Å². The zero-order chi connectivity index (χ0) is 28.7. The van der Waals surface area contributed by atoms with Gasteiger partial charge in [0.1, 0.15) is 18.4 Å². The molecule has 2 atom stereocenters. The van der Waals surface area contributed by atoms with Crippen LogP contribution in [0.5, 0.6) is 0 Å². The number of hydrogen-bond acceptors (Lipinski definition) is 12. The smallest absolute Gasteiger partial charge is 0.297 e. The monoisotopic (exact) mass is 548 g/mol. The van der Waals surface area contributed by atoms with E-state index in [9.17, 15) is 14.0 Å². The molecular weight excluding hydrogens is 514 g/mol. The van der Waals surface area contributed by atoms with Crippen LogP contribution in [-0.4, -0.2) is 93.2 Å². The van der Waals surface area contributed by atoms with Crippen LogP contribution in [-0.2, 0) is 14.4 Å². The molecule has 212 valence electrons. The van der Waals surface area contributed by atoms with E-state index >= 15 is 0 Å². The first kappa shape index (κ1) is 32.0. The Balaban J connectivity index is 0.000000230. The van der Waals surface area contributed by atoms with E-state index in [0.29, 0.717) is 45.1 Å². The van der Waals surface area contributed by atoms with E-state index in [-0.39, 0.29) is 6.04 Å². The highest BCUT2D eigenvalue weighted by molar-refractivity contribution is 5.19. The van der Waals surface area contributed by atoms with Gasteiger partial charge in [-0.05, 0) is 20.8 Å². The highest BCUT2D eigenvalue weighted by Crippen LogP contribution is 2.22. The number of nitriles is 2. The van der Waals surface area contributed by atoms with Crippen molar-refractivity contribution in [2.24, 2.45) is 0 Å². The van der Waals surface area contributed by atoms with Crippen molar-refractivity contribution in [3.63, 3.8) is 0 Å². The van der Waals surface area contributed by atoms with Gasteiger partial charge in [-0.25, -0.2) is 33.6 Å². The van der Waals surface area contributed by atoms with Gasteiger partial charge in [0, 0.05) is 62.1 Å². The fourth-order valence-corrected chi connectivity index (χ4v) is 3.46. The highest BCUT2D eigenvalue weighted by Gasteiger charge is 2.24. The van der Waals surface area contributed by atoms with Crippen LogP contribution in [0.1, 0.15) is 56.2 Å². The minimum Gasteiger partial charge on any atom is -0.379 e. The largest absolute Gasteiger partial charge is 0.379 e. The second kappa shape index (κ2) is 16.7. The number of rotatable bonds is 5. The molecule has 12 nitrogen and oxygen atoms in total. The maximum Gasteiger partial charge on any atom is 0.297 e. The number of halogens is 2. The zero-order valence-electron chi connectivity index (χ0n) is 22.3. The molecule has 0 amide bonds. The Hall–Kier alpha value is -3.24. The molecular formula is C25H34F2N8O4. The van der Waals surface area contributed by atoms with Crippen LogP contribution in [0.4, 0.5) is 8.78 Å². The van der Waals surface area contributed by atoms with Gasteiger partial charge in [-0.3, -0.25) is 15.1 Å². The minimum absolute atomic E-state index is 0.255. The van der Waals surface area contributed by atoms with Gasteiger partial charge < -0.3 is 9.47 Å². The summed E-state index contributed by atoms with van der Waals surface area (Å²) in [5.41, 5.74) is 0.978. The number of ether oxygens (including phenoxy) is 2. The van der Waals surface area contributed by atoms with E-state index in [0.717, 1.165) is 18.7 Å². The molecule has 2 aromatic heterocycles. The molecule has 2 fully saturated rings. The Morgan fingerprint density at radius 3 is 1.56 bits per heavy atom. The fraction of sp³-hybridized carbons (Fsp3) is 0.600. The van der Waals surface area contributed by atoms with Crippen LogP contribution in [0.25, 0.3) is 0 Å². The van der Waals surface area contributed by atoms with E-state index in [1.807, 2.05) is 4.90 Å². The van der Waals surface area contributed by atoms with Gasteiger partial charge in [-0.1, -0.05) is 0 Å². The second-order valence-electron chi connectivity index (χ2n) is 9.41. The van der Waals surface area contributed by atoms with Crippen molar-refractivity contribution in [2.75, 3.05) is 52.6 Å². The molecule has 39 heavy (non-hydrogen) atoms. The third-order valence-corrected chi connectivity index (χ3v) is 5.44. The molecule has 0 bridgehead atoms. The Morgan fingerprint density at radius 2 is 1.23 bits per heavy atom. The summed E-state index contributed by atoms with van der Waals surface area (Å²) in [6.07, 6.45) is 4.74. The normalized spacial score (nSPS) is 17.9. The molecule has 2 unspecified atom stereocenters. The lowest BCUT2D eigenvalue weighted by Gasteiger charge is -2.30. The van der Waals surface area contributed by atoms with Gasteiger partial charge in [0.05, 0.1) is 44.2 Å². The molecule has 14 heteroatoms. The Morgan fingerprint density at radius 1 is 0.846 bits per heavy atom. The van der Waals surface area contributed by atoms with Crippen molar-refractivity contribution in [1.29, 1.82) is 10.5 Å². The van der Waals surface area contributed by atoms with Crippen LogP contribution >= 0.6 is 0 Å². The van der Waals surface area contributed by atoms with Crippen molar-refractivity contribution in [3.8, 4) is 12.1 Å². The summed E-state index contributed by atoms with van der Waals surface area (Å²) in [4.78, 5) is 22.9. The Bertz CT molecular complexity index is 1030. The Kier molecular flexibility index (Phi) is 13.7. The number of nitrogens with zero attached hydrogens (tertiary/aromatic N) is 8. The average molecular weight is 549 g/mol. The zero-order valence-corrected chi connectivity index (χ0v) is 22.3. The van der Waals surface area contributed by atoms with Crippen molar-refractivity contribution in [3.05, 3.63) is 48.1 Å². The summed E-state index contributed by atoms with van der Waals surface area (Å²) < 4.78 is 35.1. The van der Waals surface area contributed by atoms with Gasteiger partial charge in [-0.2, -0.15) is 10.5 Å². The van der Waals surface area contributed by atoms with E-state index in [4.69, 9.17) is 20.0 Å². The Labute approximate surface area is 226 Å². The summed E-state index contributed by atoms with van der Waals surface area (Å²) in [6, 6.07) is 3.65. The number of aromatic nitrogens is 4. The van der Waals surface area contributed by atoms with Gasteiger partial charge >= 0.3 is 0 Å². The molecule has 0 saturated carbocycles. The number of hydrogen-bond donors (Lipinski definition) is 1. The molecule has 2 aliphatic heterocycles. The fourth-order valence-electron chi connectivity index (χ4n) is 3.46. The standard InChI is InChI=1S/C11H12F2N4O.C10H12N4O.C4H10O2/c12-10(13)11-15-6-8(7-16-11)9(5-14)17-1-3-18-4-2-17;11-5-10(9-6-12-8-13-7-9)14-1-3-15-4-2-14;1-4(2,3)6-5/h6-7,9-10H,1-4H2;6-8,10H,1-4H2;5H,1-3H3. The molecule has 2 saturated heterocycles. The lowest BCUT2D eigenvalue weighted by Crippen LogP contribution is -2.38. The van der Waals surface area contributed by atoms with Crippen molar-refractivity contribution in [1.82, 2.24) is 29.7 Å². The SMILES string of the molecule is CC(C)(C)OO.N#CC(c1cnc(C(F)F)nc1)N1CCOCC1.N#CC(c1cncnc1)N1CCOCC1. The predicted octanol–water partition coefficient (Wildman–Crippen LogP) is 2.96. The lowest BCUT2D eigenvalue weighted by atomic mass is 10.1. The summed E-state index contributed by atoms with van der Waals surface area (Å²) in [6.45, 7) is 10.6. The quantitative estimate of drug-likeness (QED) is 0.431. The molecule has 0 spiro atoms. The first-order valence-electron chi connectivity index (χ1n) is 12.3. The van der Waals surface area contributed by atoms with Crippen LogP contribution in [0.2, 0.25) is 0 Å². The number of alkyl halides is 2. The van der Waals surface area contributed by atoms with Gasteiger partial charge in [0.25, 0.3) is 6.43 Å². The molecule has 2 aliphatic rings. The summed E-state index contributed by atoms with van der Waals surface area (Å²) >= 11 is 0. The van der Waals surface area contributed by atoms with Crippen LogP contribution in [0.3, 0.4) is 0 Å². The first-order chi connectivity index (χ1) is 18.7. The predicted molar refractivity (Wildman–Crippen MR) is 134 cm³/mol. The van der Waals surface area contributed by atoms with Crippen molar-refractivity contribution < 1.29 is 28.4 Å². The highest BCUT2D eigenvalue weighted by atomic mass is 19.3. The van der Waals surface area contributed by atoms with Gasteiger partial charge in [-0.15, -0.1) is 0 Å². The van der Waals surface area contributed by atoms with Gasteiger partial charge in [0.15, 0.2) is 5.82 Å². The maximum atomic E-state index is 12.3. The molecule has 0 radical (unpaired) electrons. The topological polar surface area (TPSA) is 154 Å². The summed E-state index contributed by atoms with van der Waals surface area (Å²) in [7, 11) is 0. The molecule has 1 N–H and O–H groups in total. The summed E-state index contributed by atoms with van der Waals surface area (Å²) in [5.74, 6) is -0.516. The van der Waals surface area contributed by atoms with E-state index < -0.39 is 23.9 Å². The van der Waals surface area contributed by atoms with E-state index in [1.165, 1.54) is 18.7 Å². The molecule has 2 aromatic rings. The maximum absolute atomic E-state index is 12.3. The van der Waals surface area contributed by atoms with Crippen LogP contribution in [0, 0.1) is 22.7 Å².